The predicted octanol–water partition coefficient (Wildman–Crippen LogP) is 3.06. The third-order valence-corrected chi connectivity index (χ3v) is 3.30. The van der Waals surface area contributed by atoms with Crippen molar-refractivity contribution in [2.24, 2.45) is 11.7 Å². The molecule has 0 saturated carbocycles. The maximum Gasteiger partial charge on any atom is 0.0205 e. The lowest BCUT2D eigenvalue weighted by molar-refractivity contribution is 0.486. The van der Waals surface area contributed by atoms with E-state index in [1.54, 1.807) is 0 Å². The maximum atomic E-state index is 5.54. The molecule has 0 bridgehead atoms. The van der Waals surface area contributed by atoms with Gasteiger partial charge in [0.15, 0.2) is 0 Å². The molecular weight excluding hydrogens is 220 g/mol. The fourth-order valence-corrected chi connectivity index (χ4v) is 1.97. The van der Waals surface area contributed by atoms with Gasteiger partial charge in [-0.05, 0) is 42.0 Å². The van der Waals surface area contributed by atoms with E-state index in [0.29, 0.717) is 5.92 Å². The van der Waals surface area contributed by atoms with E-state index in [4.69, 9.17) is 5.73 Å². The second kappa shape index (κ2) is 6.91. The van der Waals surface area contributed by atoms with Gasteiger partial charge in [-0.2, -0.15) is 0 Å². The molecule has 0 aliphatic rings. The molecule has 0 saturated heterocycles. The summed E-state index contributed by atoms with van der Waals surface area (Å²) in [5.41, 5.74) is 8.52. The summed E-state index contributed by atoms with van der Waals surface area (Å²) in [6, 6.07) is 8.92. The third kappa shape index (κ3) is 5.19. The maximum absolute atomic E-state index is 5.54. The van der Waals surface area contributed by atoms with Crippen LogP contribution in [-0.2, 0) is 12.0 Å². The normalized spacial score (nSPS) is 13.6. The number of nitrogens with one attached hydrogen (secondary N) is 1. The zero-order valence-corrected chi connectivity index (χ0v) is 12.3. The van der Waals surface area contributed by atoms with Gasteiger partial charge in [0, 0.05) is 6.54 Å². The van der Waals surface area contributed by atoms with Crippen LogP contribution in [0.15, 0.2) is 24.3 Å². The molecule has 1 rings (SSSR count). The standard InChI is InChI=1S/C16H28N2/c1-13(9-10-17)11-18-12-14-5-7-15(8-6-14)16(2,3)4/h5-8,13,18H,9-12,17H2,1-4H3. The van der Waals surface area contributed by atoms with E-state index < -0.39 is 0 Å². The van der Waals surface area contributed by atoms with Crippen molar-refractivity contribution >= 4 is 0 Å². The van der Waals surface area contributed by atoms with Crippen molar-refractivity contribution in [1.29, 1.82) is 0 Å². The molecule has 0 amide bonds. The molecule has 0 aromatic heterocycles. The Hall–Kier alpha value is -0.860. The summed E-state index contributed by atoms with van der Waals surface area (Å²) in [4.78, 5) is 0. The van der Waals surface area contributed by atoms with E-state index in [9.17, 15) is 0 Å². The molecule has 2 heteroatoms. The Bertz CT molecular complexity index is 335. The molecule has 0 spiro atoms. The Kier molecular flexibility index (Phi) is 5.83. The van der Waals surface area contributed by atoms with Crippen molar-refractivity contribution in [1.82, 2.24) is 5.32 Å². The lowest BCUT2D eigenvalue weighted by atomic mass is 9.87. The summed E-state index contributed by atoms with van der Waals surface area (Å²) in [5, 5.41) is 3.49. The van der Waals surface area contributed by atoms with Gasteiger partial charge >= 0.3 is 0 Å². The summed E-state index contributed by atoms with van der Waals surface area (Å²) in [6.45, 7) is 11.7. The monoisotopic (exact) mass is 248 g/mol. The number of hydrogen-bond donors (Lipinski definition) is 2. The Morgan fingerprint density at radius 2 is 1.78 bits per heavy atom. The highest BCUT2D eigenvalue weighted by Crippen LogP contribution is 2.22. The molecule has 0 aliphatic heterocycles. The predicted molar refractivity (Wildman–Crippen MR) is 79.7 cm³/mol. The molecule has 0 aliphatic carbocycles. The van der Waals surface area contributed by atoms with E-state index in [1.165, 1.54) is 11.1 Å². The minimum Gasteiger partial charge on any atom is -0.330 e. The van der Waals surface area contributed by atoms with Crippen LogP contribution in [0.2, 0.25) is 0 Å². The number of benzene rings is 1. The molecule has 102 valence electrons. The van der Waals surface area contributed by atoms with Gasteiger partial charge in [0.2, 0.25) is 0 Å². The third-order valence-electron chi connectivity index (χ3n) is 3.30. The average Bonchev–Trinajstić information content (AvgIpc) is 2.29. The van der Waals surface area contributed by atoms with Gasteiger partial charge in [0.1, 0.15) is 0 Å². The Morgan fingerprint density at radius 1 is 1.17 bits per heavy atom. The van der Waals surface area contributed by atoms with Crippen LogP contribution >= 0.6 is 0 Å². The first kappa shape index (κ1) is 15.2. The number of nitrogens with two attached hydrogens (primary N) is 1. The van der Waals surface area contributed by atoms with Crippen molar-refractivity contribution in [3.63, 3.8) is 0 Å². The summed E-state index contributed by atoms with van der Waals surface area (Å²) in [5.74, 6) is 0.656. The van der Waals surface area contributed by atoms with E-state index in [0.717, 1.165) is 26.1 Å². The van der Waals surface area contributed by atoms with Gasteiger partial charge in [-0.1, -0.05) is 52.0 Å². The Labute approximate surface area is 112 Å². The second-order valence-electron chi connectivity index (χ2n) is 6.26. The first-order valence-electron chi connectivity index (χ1n) is 6.93. The molecule has 18 heavy (non-hydrogen) atoms. The topological polar surface area (TPSA) is 38.0 Å². The smallest absolute Gasteiger partial charge is 0.0205 e. The molecule has 0 heterocycles. The van der Waals surface area contributed by atoms with Crippen LogP contribution in [0, 0.1) is 5.92 Å². The molecule has 0 fully saturated rings. The molecule has 1 atom stereocenters. The van der Waals surface area contributed by atoms with Crippen LogP contribution in [0.3, 0.4) is 0 Å². The van der Waals surface area contributed by atoms with Crippen molar-refractivity contribution in [2.75, 3.05) is 13.1 Å². The average molecular weight is 248 g/mol. The zero-order chi connectivity index (χ0) is 13.6. The summed E-state index contributed by atoms with van der Waals surface area (Å²) < 4.78 is 0. The summed E-state index contributed by atoms with van der Waals surface area (Å²) >= 11 is 0. The zero-order valence-electron chi connectivity index (χ0n) is 12.3. The number of hydrogen-bond acceptors (Lipinski definition) is 2. The molecular formula is C16H28N2. The van der Waals surface area contributed by atoms with E-state index >= 15 is 0 Å². The van der Waals surface area contributed by atoms with Crippen molar-refractivity contribution in [3.05, 3.63) is 35.4 Å². The SMILES string of the molecule is CC(CCN)CNCc1ccc(C(C)(C)C)cc1. The largest absolute Gasteiger partial charge is 0.330 e. The first-order chi connectivity index (χ1) is 8.43. The Balaban J connectivity index is 2.40. The van der Waals surface area contributed by atoms with E-state index in [2.05, 4.69) is 57.3 Å². The van der Waals surface area contributed by atoms with Crippen LogP contribution in [0.1, 0.15) is 45.2 Å². The first-order valence-corrected chi connectivity index (χ1v) is 6.93. The Morgan fingerprint density at radius 3 is 2.28 bits per heavy atom. The highest BCUT2D eigenvalue weighted by atomic mass is 14.9. The lowest BCUT2D eigenvalue weighted by Crippen LogP contribution is -2.22. The van der Waals surface area contributed by atoms with Crippen LogP contribution in [0.5, 0.6) is 0 Å². The highest BCUT2D eigenvalue weighted by molar-refractivity contribution is 5.27. The minimum atomic E-state index is 0.238. The van der Waals surface area contributed by atoms with E-state index in [-0.39, 0.29) is 5.41 Å². The molecule has 2 nitrogen and oxygen atoms in total. The molecule has 0 radical (unpaired) electrons. The van der Waals surface area contributed by atoms with Crippen LogP contribution in [0.25, 0.3) is 0 Å². The summed E-state index contributed by atoms with van der Waals surface area (Å²) in [6.07, 6.45) is 1.09. The van der Waals surface area contributed by atoms with Gasteiger partial charge < -0.3 is 11.1 Å². The lowest BCUT2D eigenvalue weighted by Gasteiger charge is -2.19. The van der Waals surface area contributed by atoms with Crippen molar-refractivity contribution in [3.8, 4) is 0 Å². The molecule has 1 aromatic carbocycles. The molecule has 3 N–H and O–H groups in total. The molecule has 1 unspecified atom stereocenters. The fourth-order valence-electron chi connectivity index (χ4n) is 1.97. The second-order valence-corrected chi connectivity index (χ2v) is 6.26. The van der Waals surface area contributed by atoms with Crippen molar-refractivity contribution < 1.29 is 0 Å². The minimum absolute atomic E-state index is 0.238. The highest BCUT2D eigenvalue weighted by Gasteiger charge is 2.12. The van der Waals surface area contributed by atoms with Gasteiger partial charge in [0.25, 0.3) is 0 Å². The summed E-state index contributed by atoms with van der Waals surface area (Å²) in [7, 11) is 0. The van der Waals surface area contributed by atoms with Gasteiger partial charge in [-0.3, -0.25) is 0 Å². The van der Waals surface area contributed by atoms with Gasteiger partial charge in [-0.15, -0.1) is 0 Å². The number of rotatable bonds is 6. The van der Waals surface area contributed by atoms with Gasteiger partial charge in [0.05, 0.1) is 0 Å². The quantitative estimate of drug-likeness (QED) is 0.812. The van der Waals surface area contributed by atoms with Crippen LogP contribution in [0.4, 0.5) is 0 Å². The fraction of sp³-hybridized carbons (Fsp3) is 0.625. The molecule has 1 aromatic rings. The van der Waals surface area contributed by atoms with E-state index in [1.807, 2.05) is 0 Å². The van der Waals surface area contributed by atoms with Crippen molar-refractivity contribution in [2.45, 2.75) is 46.1 Å². The van der Waals surface area contributed by atoms with Crippen LogP contribution < -0.4 is 11.1 Å². The van der Waals surface area contributed by atoms with Crippen LogP contribution in [-0.4, -0.2) is 13.1 Å². The van der Waals surface area contributed by atoms with Gasteiger partial charge in [-0.25, -0.2) is 0 Å².